The maximum Gasteiger partial charge on any atom is 0.255 e. The predicted octanol–water partition coefficient (Wildman–Crippen LogP) is 6.75. The molecule has 0 unspecified atom stereocenters. The molecule has 3 aromatic rings. The minimum atomic E-state index is -0.157. The molecule has 0 spiro atoms. The second-order valence-corrected chi connectivity index (χ2v) is 7.78. The zero-order valence-corrected chi connectivity index (χ0v) is 19.2. The van der Waals surface area contributed by atoms with Gasteiger partial charge in [-0.1, -0.05) is 36.7 Å². The molecule has 162 valence electrons. The highest BCUT2D eigenvalue weighted by molar-refractivity contribution is 6.31. The number of carbonyl (C=O) groups is 1. The highest BCUT2D eigenvalue weighted by Crippen LogP contribution is 2.27. The Bertz CT molecular complexity index is 1080. The Kier molecular flexibility index (Phi) is 7.59. The van der Waals surface area contributed by atoms with Crippen molar-refractivity contribution < 1.29 is 14.3 Å². The van der Waals surface area contributed by atoms with Crippen LogP contribution < -0.4 is 14.8 Å². The Morgan fingerprint density at radius 3 is 2.45 bits per heavy atom. The van der Waals surface area contributed by atoms with E-state index in [-0.39, 0.29) is 12.5 Å². The van der Waals surface area contributed by atoms with E-state index in [1.807, 2.05) is 69.3 Å². The molecule has 5 heteroatoms. The molecule has 0 fully saturated rings. The van der Waals surface area contributed by atoms with Crippen molar-refractivity contribution in [2.45, 2.75) is 40.7 Å². The summed E-state index contributed by atoms with van der Waals surface area (Å²) in [5.74, 6) is 1.26. The zero-order valence-electron chi connectivity index (χ0n) is 18.4. The van der Waals surface area contributed by atoms with Crippen molar-refractivity contribution in [3.8, 4) is 11.5 Å². The van der Waals surface area contributed by atoms with Gasteiger partial charge in [0.05, 0.1) is 6.61 Å². The smallest absolute Gasteiger partial charge is 0.255 e. The summed E-state index contributed by atoms with van der Waals surface area (Å²) in [6.45, 7) is 8.75. The Balaban J connectivity index is 1.83. The number of halogens is 1. The zero-order chi connectivity index (χ0) is 22.4. The summed E-state index contributed by atoms with van der Waals surface area (Å²) >= 11 is 6.10. The van der Waals surface area contributed by atoms with E-state index < -0.39 is 0 Å². The topological polar surface area (TPSA) is 47.6 Å². The van der Waals surface area contributed by atoms with E-state index >= 15 is 0 Å². The van der Waals surface area contributed by atoms with Crippen molar-refractivity contribution in [1.29, 1.82) is 0 Å². The van der Waals surface area contributed by atoms with Crippen molar-refractivity contribution in [3.05, 3.63) is 87.4 Å². The summed E-state index contributed by atoms with van der Waals surface area (Å²) in [5.41, 5.74) is 5.34. The summed E-state index contributed by atoms with van der Waals surface area (Å²) in [7, 11) is 0. The number of carbonyl (C=O) groups excluding carboxylic acids is 1. The van der Waals surface area contributed by atoms with Crippen LogP contribution >= 0.6 is 11.6 Å². The van der Waals surface area contributed by atoms with Gasteiger partial charge in [0.1, 0.15) is 18.1 Å². The number of hydrogen-bond donors (Lipinski definition) is 1. The van der Waals surface area contributed by atoms with Crippen LogP contribution in [-0.4, -0.2) is 12.5 Å². The molecule has 0 radical (unpaired) electrons. The molecule has 0 saturated heterocycles. The van der Waals surface area contributed by atoms with Gasteiger partial charge >= 0.3 is 0 Å². The third kappa shape index (κ3) is 5.59. The van der Waals surface area contributed by atoms with Crippen LogP contribution in [0.15, 0.2) is 54.6 Å². The van der Waals surface area contributed by atoms with E-state index in [4.69, 9.17) is 21.1 Å². The average molecular weight is 438 g/mol. The van der Waals surface area contributed by atoms with Gasteiger partial charge in [-0.2, -0.15) is 0 Å². The SMILES string of the molecule is CCOc1ccc(C(=O)Nc2c(C)cccc2CC)cc1COc1ccc(Cl)c(C)c1. The number of para-hydroxylation sites is 1. The van der Waals surface area contributed by atoms with Crippen LogP contribution in [0.2, 0.25) is 5.02 Å². The van der Waals surface area contributed by atoms with Gasteiger partial charge in [-0.15, -0.1) is 0 Å². The first-order valence-corrected chi connectivity index (χ1v) is 10.8. The average Bonchev–Trinajstić information content (AvgIpc) is 2.76. The van der Waals surface area contributed by atoms with E-state index in [9.17, 15) is 4.79 Å². The number of anilines is 1. The molecule has 0 heterocycles. The predicted molar refractivity (Wildman–Crippen MR) is 127 cm³/mol. The van der Waals surface area contributed by atoms with E-state index in [1.54, 1.807) is 6.07 Å². The van der Waals surface area contributed by atoms with Gasteiger partial charge in [0.2, 0.25) is 0 Å². The third-order valence-electron chi connectivity index (χ3n) is 5.12. The first-order valence-electron chi connectivity index (χ1n) is 10.5. The number of aryl methyl sites for hydroxylation is 3. The molecule has 3 aromatic carbocycles. The standard InChI is InChI=1S/C26H28ClNO3/c1-5-19-9-7-8-17(3)25(19)28-26(29)20-10-13-24(30-6-2)21(15-20)16-31-22-11-12-23(27)18(4)14-22/h7-15H,5-6,16H2,1-4H3,(H,28,29). The summed E-state index contributed by atoms with van der Waals surface area (Å²) in [4.78, 5) is 13.0. The minimum absolute atomic E-state index is 0.157. The van der Waals surface area contributed by atoms with Gasteiger partial charge in [-0.3, -0.25) is 4.79 Å². The molecule has 1 amide bonds. The fourth-order valence-electron chi connectivity index (χ4n) is 3.39. The normalized spacial score (nSPS) is 10.6. The fraction of sp³-hybridized carbons (Fsp3) is 0.269. The monoisotopic (exact) mass is 437 g/mol. The Morgan fingerprint density at radius 1 is 0.935 bits per heavy atom. The molecule has 31 heavy (non-hydrogen) atoms. The lowest BCUT2D eigenvalue weighted by Gasteiger charge is -2.15. The lowest BCUT2D eigenvalue weighted by atomic mass is 10.0. The van der Waals surface area contributed by atoms with Crippen LogP contribution in [0.3, 0.4) is 0 Å². The molecule has 0 aliphatic rings. The van der Waals surface area contributed by atoms with Crippen LogP contribution in [0, 0.1) is 13.8 Å². The quantitative estimate of drug-likeness (QED) is 0.424. The molecule has 0 aliphatic heterocycles. The number of ether oxygens (including phenoxy) is 2. The van der Waals surface area contributed by atoms with Gasteiger partial charge in [0.15, 0.2) is 0 Å². The van der Waals surface area contributed by atoms with Crippen LogP contribution in [0.5, 0.6) is 11.5 Å². The van der Waals surface area contributed by atoms with E-state index in [0.29, 0.717) is 28.7 Å². The lowest BCUT2D eigenvalue weighted by molar-refractivity contribution is 0.102. The van der Waals surface area contributed by atoms with Gasteiger partial charge < -0.3 is 14.8 Å². The second-order valence-electron chi connectivity index (χ2n) is 7.37. The van der Waals surface area contributed by atoms with Crippen molar-refractivity contribution in [2.75, 3.05) is 11.9 Å². The fourth-order valence-corrected chi connectivity index (χ4v) is 3.50. The van der Waals surface area contributed by atoms with Gasteiger partial charge in [-0.25, -0.2) is 0 Å². The summed E-state index contributed by atoms with van der Waals surface area (Å²) in [5, 5.41) is 3.77. The molecule has 3 rings (SSSR count). The Morgan fingerprint density at radius 2 is 1.74 bits per heavy atom. The first-order chi connectivity index (χ1) is 14.9. The second kappa shape index (κ2) is 10.4. The number of amides is 1. The first kappa shape index (κ1) is 22.7. The van der Waals surface area contributed by atoms with E-state index in [1.165, 1.54) is 0 Å². The number of hydrogen-bond acceptors (Lipinski definition) is 3. The maximum atomic E-state index is 13.0. The highest BCUT2D eigenvalue weighted by Gasteiger charge is 2.14. The molecule has 0 atom stereocenters. The molecule has 0 aliphatic carbocycles. The Labute approximate surface area is 189 Å². The molecule has 0 bridgehead atoms. The Hall–Kier alpha value is -2.98. The summed E-state index contributed by atoms with van der Waals surface area (Å²) < 4.78 is 11.7. The van der Waals surface area contributed by atoms with E-state index in [2.05, 4.69) is 12.2 Å². The van der Waals surface area contributed by atoms with Crippen LogP contribution in [0.1, 0.15) is 46.5 Å². The molecule has 0 saturated carbocycles. The number of rotatable bonds is 8. The van der Waals surface area contributed by atoms with Crippen molar-refractivity contribution in [2.24, 2.45) is 0 Å². The highest BCUT2D eigenvalue weighted by atomic mass is 35.5. The lowest BCUT2D eigenvalue weighted by Crippen LogP contribution is -2.15. The minimum Gasteiger partial charge on any atom is -0.493 e. The van der Waals surface area contributed by atoms with Gasteiger partial charge in [-0.05, 0) is 80.3 Å². The van der Waals surface area contributed by atoms with Gasteiger partial charge in [0, 0.05) is 21.8 Å². The van der Waals surface area contributed by atoms with E-state index in [0.717, 1.165) is 34.4 Å². The van der Waals surface area contributed by atoms with Crippen LogP contribution in [0.4, 0.5) is 5.69 Å². The van der Waals surface area contributed by atoms with Crippen molar-refractivity contribution >= 4 is 23.2 Å². The number of benzene rings is 3. The van der Waals surface area contributed by atoms with Crippen LogP contribution in [-0.2, 0) is 13.0 Å². The third-order valence-corrected chi connectivity index (χ3v) is 5.55. The number of nitrogens with one attached hydrogen (secondary N) is 1. The molecular formula is C26H28ClNO3. The molecule has 0 aromatic heterocycles. The molecule has 4 nitrogen and oxygen atoms in total. The van der Waals surface area contributed by atoms with Gasteiger partial charge in [0.25, 0.3) is 5.91 Å². The van der Waals surface area contributed by atoms with Crippen LogP contribution in [0.25, 0.3) is 0 Å². The summed E-state index contributed by atoms with van der Waals surface area (Å²) in [6.07, 6.45) is 0.847. The summed E-state index contributed by atoms with van der Waals surface area (Å²) in [6, 6.07) is 17.0. The molecule has 1 N–H and O–H groups in total. The molecular weight excluding hydrogens is 410 g/mol. The largest absolute Gasteiger partial charge is 0.493 e. The van der Waals surface area contributed by atoms with Crippen molar-refractivity contribution in [1.82, 2.24) is 0 Å². The maximum absolute atomic E-state index is 13.0. The van der Waals surface area contributed by atoms with Crippen molar-refractivity contribution in [3.63, 3.8) is 0 Å².